The maximum absolute atomic E-state index is 14.2. The normalized spacial score (nSPS) is 22.1. The molecule has 2 heterocycles. The topological polar surface area (TPSA) is 86.8 Å². The number of hydrogen-bond acceptors (Lipinski definition) is 4. The first-order valence-electron chi connectivity index (χ1n) is 12.3. The van der Waals surface area contributed by atoms with E-state index in [1.807, 2.05) is 6.07 Å². The third-order valence-corrected chi connectivity index (χ3v) is 7.99. The van der Waals surface area contributed by atoms with Crippen LogP contribution in [-0.4, -0.2) is 59.1 Å². The molecule has 2 aliphatic heterocycles. The van der Waals surface area contributed by atoms with Gasteiger partial charge >= 0.3 is 6.18 Å². The Balaban J connectivity index is 1.32. The minimum atomic E-state index is -4.76. The average Bonchev–Trinajstić information content (AvgIpc) is 3.65. The second kappa shape index (κ2) is 8.92. The zero-order chi connectivity index (χ0) is 27.5. The summed E-state index contributed by atoms with van der Waals surface area (Å²) < 4.78 is 53.4. The number of imide groups is 1. The lowest BCUT2D eigenvalue weighted by molar-refractivity contribution is -0.144. The van der Waals surface area contributed by atoms with E-state index in [9.17, 15) is 36.7 Å². The Hall–Kier alpha value is -3.76. The van der Waals surface area contributed by atoms with Crippen LogP contribution in [0.2, 0.25) is 0 Å². The molecule has 2 aromatic carbocycles. The Labute approximate surface area is 215 Å². The first-order valence-corrected chi connectivity index (χ1v) is 12.3. The van der Waals surface area contributed by atoms with Crippen molar-refractivity contribution in [2.24, 2.45) is 5.41 Å². The fraction of sp³-hybridized carbons (Fsp3) is 0.407. The highest BCUT2D eigenvalue weighted by Crippen LogP contribution is 2.51. The van der Waals surface area contributed by atoms with Gasteiger partial charge < -0.3 is 10.2 Å². The number of hydrogen-bond donors (Lipinski definition) is 1. The summed E-state index contributed by atoms with van der Waals surface area (Å²) in [4.78, 5) is 55.0. The second-order valence-corrected chi connectivity index (χ2v) is 10.2. The number of likely N-dealkylation sites (tertiary alicyclic amines) is 2. The third-order valence-electron chi connectivity index (χ3n) is 7.99. The number of carbonyl (C=O) groups excluding carboxylic acids is 4. The van der Waals surface area contributed by atoms with Crippen LogP contribution in [0.5, 0.6) is 0 Å². The first kappa shape index (κ1) is 25.9. The van der Waals surface area contributed by atoms with Gasteiger partial charge in [-0.25, -0.2) is 4.39 Å². The molecule has 1 spiro atoms. The summed E-state index contributed by atoms with van der Waals surface area (Å²) in [7, 11) is 1.45. The molecule has 1 aliphatic carbocycles. The van der Waals surface area contributed by atoms with Gasteiger partial charge in [-0.1, -0.05) is 30.3 Å². The quantitative estimate of drug-likeness (QED) is 0.484. The Morgan fingerprint density at radius 3 is 2.18 bits per heavy atom. The van der Waals surface area contributed by atoms with Crippen LogP contribution in [0.15, 0.2) is 48.5 Å². The van der Waals surface area contributed by atoms with Crippen molar-refractivity contribution in [2.45, 2.75) is 43.3 Å². The highest BCUT2D eigenvalue weighted by Gasteiger charge is 2.61. The van der Waals surface area contributed by atoms with E-state index in [-0.39, 0.29) is 50.6 Å². The minimum Gasteiger partial charge on any atom is -0.341 e. The summed E-state index contributed by atoms with van der Waals surface area (Å²) in [5.41, 5.74) is -3.57. The molecule has 7 nitrogen and oxygen atoms in total. The highest BCUT2D eigenvalue weighted by molar-refractivity contribution is 6.10. The second-order valence-electron chi connectivity index (χ2n) is 10.2. The van der Waals surface area contributed by atoms with Gasteiger partial charge in [-0.3, -0.25) is 24.1 Å². The molecule has 2 aromatic rings. The van der Waals surface area contributed by atoms with Gasteiger partial charge in [-0.15, -0.1) is 0 Å². The van der Waals surface area contributed by atoms with Crippen LogP contribution < -0.4 is 5.32 Å². The maximum atomic E-state index is 14.2. The van der Waals surface area contributed by atoms with E-state index in [1.54, 1.807) is 24.3 Å². The van der Waals surface area contributed by atoms with Crippen molar-refractivity contribution in [2.75, 3.05) is 20.1 Å². The van der Waals surface area contributed by atoms with Crippen molar-refractivity contribution in [3.05, 3.63) is 71.0 Å². The summed E-state index contributed by atoms with van der Waals surface area (Å²) in [5.74, 6) is -3.92. The molecule has 0 aromatic heterocycles. The van der Waals surface area contributed by atoms with E-state index >= 15 is 0 Å². The summed E-state index contributed by atoms with van der Waals surface area (Å²) in [6.45, 7) is 0.315. The van der Waals surface area contributed by atoms with Gasteiger partial charge in [0.25, 0.3) is 5.91 Å². The van der Waals surface area contributed by atoms with Gasteiger partial charge in [0.05, 0.1) is 22.5 Å². The molecule has 3 fully saturated rings. The largest absolute Gasteiger partial charge is 0.416 e. The Morgan fingerprint density at radius 1 is 0.974 bits per heavy atom. The number of piperidine rings is 1. The van der Waals surface area contributed by atoms with Crippen LogP contribution in [0.25, 0.3) is 0 Å². The van der Waals surface area contributed by atoms with E-state index in [0.29, 0.717) is 18.2 Å². The highest BCUT2D eigenvalue weighted by atomic mass is 19.4. The van der Waals surface area contributed by atoms with Gasteiger partial charge in [0.2, 0.25) is 17.7 Å². The standard InChI is InChI=1S/C27H25F4N3O4/c1-33-22(36)20(16-5-3-2-4-6-16)25(23(33)37)11-13-34(14-12-25)24(38)26(9-10-26)32-21(35)18-15-17(27(29,30)31)7-8-19(18)28/h2-8,15,20H,9-14H2,1H3,(H,32,35). The molecule has 3 aliphatic rings. The van der Waals surface area contributed by atoms with Gasteiger partial charge in [0.15, 0.2) is 0 Å². The third kappa shape index (κ3) is 4.13. The lowest BCUT2D eigenvalue weighted by Gasteiger charge is -2.41. The van der Waals surface area contributed by atoms with Gasteiger partial charge in [0.1, 0.15) is 11.4 Å². The number of nitrogens with zero attached hydrogens (tertiary/aromatic N) is 2. The molecule has 5 rings (SSSR count). The summed E-state index contributed by atoms with van der Waals surface area (Å²) >= 11 is 0. The molecule has 4 amide bonds. The van der Waals surface area contributed by atoms with Crippen LogP contribution in [0, 0.1) is 11.2 Å². The average molecular weight is 532 g/mol. The smallest absolute Gasteiger partial charge is 0.341 e. The number of alkyl halides is 3. The Kier molecular flexibility index (Phi) is 6.07. The minimum absolute atomic E-state index is 0.157. The van der Waals surface area contributed by atoms with Crippen molar-refractivity contribution in [1.82, 2.24) is 15.1 Å². The molecule has 0 bridgehead atoms. The van der Waals surface area contributed by atoms with Gasteiger partial charge in [-0.2, -0.15) is 13.2 Å². The molecule has 1 saturated carbocycles. The fourth-order valence-corrected chi connectivity index (χ4v) is 5.69. The number of amides is 4. The zero-order valence-corrected chi connectivity index (χ0v) is 20.5. The molecule has 0 radical (unpaired) electrons. The molecule has 200 valence electrons. The van der Waals surface area contributed by atoms with Crippen LogP contribution in [0.3, 0.4) is 0 Å². The summed E-state index contributed by atoms with van der Waals surface area (Å²) in [5, 5.41) is 2.45. The number of rotatable bonds is 4. The molecule has 1 atom stereocenters. The molecule has 38 heavy (non-hydrogen) atoms. The summed E-state index contributed by atoms with van der Waals surface area (Å²) in [6.07, 6.45) is -3.78. The van der Waals surface area contributed by atoms with Crippen molar-refractivity contribution in [1.29, 1.82) is 0 Å². The van der Waals surface area contributed by atoms with Crippen molar-refractivity contribution in [3.63, 3.8) is 0 Å². The van der Waals surface area contributed by atoms with Gasteiger partial charge in [0, 0.05) is 20.1 Å². The number of halogens is 4. The van der Waals surface area contributed by atoms with Gasteiger partial charge in [-0.05, 0) is 49.4 Å². The molecular weight excluding hydrogens is 506 g/mol. The fourth-order valence-electron chi connectivity index (χ4n) is 5.69. The van der Waals surface area contributed by atoms with E-state index < -0.39 is 51.8 Å². The predicted molar refractivity (Wildman–Crippen MR) is 126 cm³/mol. The summed E-state index contributed by atoms with van der Waals surface area (Å²) in [6, 6.07) is 10.6. The predicted octanol–water partition coefficient (Wildman–Crippen LogP) is 3.50. The number of nitrogens with one attached hydrogen (secondary N) is 1. The van der Waals surface area contributed by atoms with Crippen LogP contribution in [0.4, 0.5) is 17.6 Å². The maximum Gasteiger partial charge on any atom is 0.416 e. The van der Waals surface area contributed by atoms with E-state index in [1.165, 1.54) is 11.9 Å². The SMILES string of the molecule is CN1C(=O)C(c2ccccc2)C2(CCN(C(=O)C3(NC(=O)c4cc(C(F)(F)F)ccc4F)CC3)CC2)C1=O. The zero-order valence-electron chi connectivity index (χ0n) is 20.5. The van der Waals surface area contributed by atoms with Crippen LogP contribution >= 0.6 is 0 Å². The number of carbonyl (C=O) groups is 4. The van der Waals surface area contributed by atoms with Crippen molar-refractivity contribution < 1.29 is 36.7 Å². The lowest BCUT2D eigenvalue weighted by Crippen LogP contribution is -2.55. The van der Waals surface area contributed by atoms with E-state index in [4.69, 9.17) is 0 Å². The number of benzene rings is 2. The van der Waals surface area contributed by atoms with Crippen molar-refractivity contribution in [3.8, 4) is 0 Å². The van der Waals surface area contributed by atoms with Crippen LogP contribution in [0.1, 0.15) is 53.1 Å². The van der Waals surface area contributed by atoms with E-state index in [2.05, 4.69) is 5.32 Å². The van der Waals surface area contributed by atoms with E-state index in [0.717, 1.165) is 10.5 Å². The van der Waals surface area contributed by atoms with Crippen molar-refractivity contribution >= 4 is 23.6 Å². The number of likely N-dealkylation sites (N-methyl/N-ethyl adjacent to an activating group) is 1. The molecule has 11 heteroatoms. The Morgan fingerprint density at radius 2 is 1.61 bits per heavy atom. The molecular formula is C27H25F4N3O4. The molecule has 2 saturated heterocycles. The molecule has 1 unspecified atom stereocenters. The first-order chi connectivity index (χ1) is 17.9. The molecule has 1 N–H and O–H groups in total. The van der Waals surface area contributed by atoms with Crippen LogP contribution in [-0.2, 0) is 20.6 Å². The lowest BCUT2D eigenvalue weighted by atomic mass is 9.67. The Bertz CT molecular complexity index is 1320. The monoisotopic (exact) mass is 531 g/mol.